The van der Waals surface area contributed by atoms with Gasteiger partial charge in [0.25, 0.3) is 0 Å². The third kappa shape index (κ3) is 5.78. The molecule has 0 unspecified atom stereocenters. The molecule has 0 aromatic heterocycles. The minimum absolute atomic E-state index is 0.0509. The van der Waals surface area contributed by atoms with Gasteiger partial charge < -0.3 is 9.84 Å². The summed E-state index contributed by atoms with van der Waals surface area (Å²) in [6.45, 7) is 5.04. The molecule has 0 radical (unpaired) electrons. The molecule has 32 heavy (non-hydrogen) atoms. The lowest BCUT2D eigenvalue weighted by Gasteiger charge is -2.44. The average molecular weight is 469 g/mol. The van der Waals surface area contributed by atoms with Crippen molar-refractivity contribution < 1.29 is 32.6 Å². The third-order valence-electron chi connectivity index (χ3n) is 5.30. The van der Waals surface area contributed by atoms with Crippen molar-refractivity contribution in [2.45, 2.75) is 39.0 Å². The highest BCUT2D eigenvalue weighted by molar-refractivity contribution is 6.32. The van der Waals surface area contributed by atoms with Gasteiger partial charge in [-0.3, -0.25) is 4.79 Å². The van der Waals surface area contributed by atoms with E-state index in [-0.39, 0.29) is 28.4 Å². The molecular weight excluding hydrogens is 445 g/mol. The molecule has 1 aliphatic rings. The second-order valence-corrected chi connectivity index (χ2v) is 8.61. The number of carbonyl (C=O) groups excluding carboxylic acids is 2. The number of allylic oxidation sites excluding steroid dienone is 3. The molecule has 0 saturated heterocycles. The van der Waals surface area contributed by atoms with Gasteiger partial charge >= 0.3 is 12.1 Å². The lowest BCUT2D eigenvalue weighted by molar-refractivity contribution is -0.137. The van der Waals surface area contributed by atoms with E-state index >= 15 is 0 Å². The molecule has 4 nitrogen and oxygen atoms in total. The first-order valence-electron chi connectivity index (χ1n) is 9.67. The van der Waals surface area contributed by atoms with Gasteiger partial charge in [0.2, 0.25) is 0 Å². The van der Waals surface area contributed by atoms with Crippen molar-refractivity contribution in [3.63, 3.8) is 0 Å². The van der Waals surface area contributed by atoms with E-state index in [1.165, 1.54) is 43.6 Å². The Morgan fingerprint density at radius 1 is 1.25 bits per heavy atom. The number of hydrogen-bond donors (Lipinski definition) is 1. The predicted octanol–water partition coefficient (Wildman–Crippen LogP) is 5.70. The number of aliphatic hydroxyl groups is 1. The highest BCUT2D eigenvalue weighted by Crippen LogP contribution is 2.45. The minimum Gasteiger partial charge on any atom is -0.466 e. The summed E-state index contributed by atoms with van der Waals surface area (Å²) in [5, 5.41) is 11.6. The van der Waals surface area contributed by atoms with Crippen LogP contribution in [0.2, 0.25) is 5.02 Å². The number of rotatable bonds is 5. The van der Waals surface area contributed by atoms with Crippen molar-refractivity contribution >= 4 is 29.4 Å². The number of carbonyl (C=O) groups is 2. The van der Waals surface area contributed by atoms with Crippen LogP contribution < -0.4 is 0 Å². The fraction of sp³-hybridized carbons (Fsp3) is 0.333. The third-order valence-corrected chi connectivity index (χ3v) is 5.65. The number of esters is 1. The number of ether oxygens (including phenoxy) is 1. The zero-order chi connectivity index (χ0) is 24.3. The van der Waals surface area contributed by atoms with Crippen LogP contribution in [0.25, 0.3) is 6.08 Å². The first kappa shape index (κ1) is 25.6. The Hall–Kier alpha value is -2.64. The summed E-state index contributed by atoms with van der Waals surface area (Å²) in [6.07, 6.45) is 3.69. The number of ketones is 1. The van der Waals surface area contributed by atoms with E-state index in [9.17, 15) is 27.9 Å². The van der Waals surface area contributed by atoms with Gasteiger partial charge in [-0.25, -0.2) is 4.79 Å². The van der Waals surface area contributed by atoms with Gasteiger partial charge in [-0.05, 0) is 54.0 Å². The second-order valence-electron chi connectivity index (χ2n) is 8.21. The summed E-state index contributed by atoms with van der Waals surface area (Å²) < 4.78 is 43.7. The van der Waals surface area contributed by atoms with Gasteiger partial charge in [0, 0.05) is 22.9 Å². The minimum atomic E-state index is -4.54. The van der Waals surface area contributed by atoms with Crippen molar-refractivity contribution in [2.75, 3.05) is 7.11 Å². The zero-order valence-corrected chi connectivity index (χ0v) is 18.8. The molecule has 0 heterocycles. The molecule has 1 aromatic carbocycles. The molecule has 8 heteroatoms. The van der Waals surface area contributed by atoms with Crippen LogP contribution in [0.3, 0.4) is 0 Å². The Morgan fingerprint density at radius 3 is 2.50 bits per heavy atom. The van der Waals surface area contributed by atoms with E-state index < -0.39 is 28.7 Å². The Bertz CT molecular complexity index is 1030. The van der Waals surface area contributed by atoms with Crippen molar-refractivity contribution in [2.24, 2.45) is 5.41 Å². The monoisotopic (exact) mass is 468 g/mol. The molecule has 0 aliphatic heterocycles. The molecule has 2 rings (SSSR count). The van der Waals surface area contributed by atoms with Crippen LogP contribution in [-0.2, 0) is 20.5 Å². The predicted molar refractivity (Wildman–Crippen MR) is 117 cm³/mol. The molecular formula is C24H24ClF3O4. The average Bonchev–Trinajstić information content (AvgIpc) is 2.67. The van der Waals surface area contributed by atoms with E-state index in [0.717, 1.165) is 18.2 Å². The summed E-state index contributed by atoms with van der Waals surface area (Å²) in [4.78, 5) is 23.7. The summed E-state index contributed by atoms with van der Waals surface area (Å²) in [5.74, 6) is -0.795. The smallest absolute Gasteiger partial charge is 0.416 e. The zero-order valence-electron chi connectivity index (χ0n) is 18.1. The van der Waals surface area contributed by atoms with E-state index in [2.05, 4.69) is 4.74 Å². The van der Waals surface area contributed by atoms with Crippen molar-refractivity contribution in [1.82, 2.24) is 0 Å². The highest BCUT2D eigenvalue weighted by atomic mass is 35.5. The quantitative estimate of drug-likeness (QED) is 0.342. The molecule has 172 valence electrons. The summed E-state index contributed by atoms with van der Waals surface area (Å²) >= 11 is 6.05. The van der Waals surface area contributed by atoms with Crippen LogP contribution in [0.1, 0.15) is 38.3 Å². The summed E-state index contributed by atoms with van der Waals surface area (Å²) in [7, 11) is 1.24. The van der Waals surface area contributed by atoms with Gasteiger partial charge in [-0.2, -0.15) is 13.2 Å². The molecule has 1 aliphatic carbocycles. The Labute approximate surface area is 189 Å². The number of halogens is 4. The van der Waals surface area contributed by atoms with E-state index in [1.807, 2.05) is 0 Å². The number of methoxy groups -OCH3 is 1. The Balaban J connectivity index is 2.51. The summed E-state index contributed by atoms with van der Waals surface area (Å²) in [6, 6.07) is 2.91. The largest absolute Gasteiger partial charge is 0.466 e. The van der Waals surface area contributed by atoms with Gasteiger partial charge in [-0.15, -0.1) is 0 Å². The van der Waals surface area contributed by atoms with Crippen LogP contribution in [0.5, 0.6) is 0 Å². The van der Waals surface area contributed by atoms with Crippen molar-refractivity contribution in [3.05, 3.63) is 75.9 Å². The molecule has 1 atom stereocenters. The normalized spacial score (nSPS) is 21.8. The van der Waals surface area contributed by atoms with E-state index in [4.69, 9.17) is 11.6 Å². The molecule has 0 spiro atoms. The standard InChI is InChI=1S/C24H24ClF3O4/c1-15(11-21(30)32-4)9-10-23(31)17(13-19(29)14-22(23,2)3)6-5-16-12-18(24(26,27)28)7-8-20(16)25/h5-13,31H,14H2,1-4H3/b6-5+,10-9+,15-11-/t23-/m1/s1. The van der Waals surface area contributed by atoms with E-state index in [1.54, 1.807) is 20.8 Å². The van der Waals surface area contributed by atoms with Crippen LogP contribution in [0.4, 0.5) is 13.2 Å². The van der Waals surface area contributed by atoms with Gasteiger partial charge in [0.1, 0.15) is 5.60 Å². The SMILES string of the molecule is COC(=O)/C=C(C)\C=C\[C@@]1(O)C(/C=C/c2cc(C(F)(F)F)ccc2Cl)=CC(=O)CC1(C)C. The number of benzene rings is 1. The summed E-state index contributed by atoms with van der Waals surface area (Å²) in [5.41, 5.74) is -2.66. The molecule has 1 aromatic rings. The highest BCUT2D eigenvalue weighted by Gasteiger charge is 2.47. The fourth-order valence-electron chi connectivity index (χ4n) is 3.36. The van der Waals surface area contributed by atoms with Gasteiger partial charge in [0.15, 0.2) is 5.78 Å². The molecule has 0 saturated carbocycles. The van der Waals surface area contributed by atoms with Crippen molar-refractivity contribution in [3.8, 4) is 0 Å². The molecule has 0 fully saturated rings. The number of alkyl halides is 3. The maximum Gasteiger partial charge on any atom is 0.416 e. The Kier molecular flexibility index (Phi) is 7.58. The Morgan fingerprint density at radius 2 is 1.91 bits per heavy atom. The maximum atomic E-state index is 13.1. The molecule has 0 bridgehead atoms. The topological polar surface area (TPSA) is 63.6 Å². The van der Waals surface area contributed by atoms with Crippen LogP contribution in [0, 0.1) is 5.41 Å². The lowest BCUT2D eigenvalue weighted by atomic mass is 9.64. The van der Waals surface area contributed by atoms with E-state index in [0.29, 0.717) is 5.57 Å². The second kappa shape index (κ2) is 9.46. The van der Waals surface area contributed by atoms with Gasteiger partial charge in [0.05, 0.1) is 12.7 Å². The lowest BCUT2D eigenvalue weighted by Crippen LogP contribution is -2.48. The first-order chi connectivity index (χ1) is 14.7. The van der Waals surface area contributed by atoms with Crippen LogP contribution in [0.15, 0.2) is 59.7 Å². The van der Waals surface area contributed by atoms with Crippen LogP contribution >= 0.6 is 11.6 Å². The van der Waals surface area contributed by atoms with Gasteiger partial charge in [-0.1, -0.05) is 43.7 Å². The molecule has 0 amide bonds. The fourth-order valence-corrected chi connectivity index (χ4v) is 3.55. The van der Waals surface area contributed by atoms with Crippen LogP contribution in [-0.4, -0.2) is 29.6 Å². The molecule has 1 N–H and O–H groups in total. The van der Waals surface area contributed by atoms with Crippen molar-refractivity contribution in [1.29, 1.82) is 0 Å². The number of hydrogen-bond acceptors (Lipinski definition) is 4. The maximum absolute atomic E-state index is 13.1. The first-order valence-corrected chi connectivity index (χ1v) is 10.0.